The molecule has 2 saturated heterocycles. The summed E-state index contributed by atoms with van der Waals surface area (Å²) in [4.78, 5) is 27.2. The largest absolute Gasteiger partial charge is 0.352 e. The lowest BCUT2D eigenvalue weighted by Gasteiger charge is -2.34. The van der Waals surface area contributed by atoms with Gasteiger partial charge in [0.25, 0.3) is 0 Å². The Labute approximate surface area is 167 Å². The number of hydrogen-bond donors (Lipinski definition) is 1. The number of carbonyl (C=O) groups is 2. The number of carbonyl (C=O) groups excluding carboxylic acids is 2. The van der Waals surface area contributed by atoms with Gasteiger partial charge in [0.05, 0.1) is 0 Å². The van der Waals surface area contributed by atoms with Gasteiger partial charge in [-0.3, -0.25) is 9.59 Å². The van der Waals surface area contributed by atoms with Crippen LogP contribution in [0.3, 0.4) is 0 Å². The van der Waals surface area contributed by atoms with Gasteiger partial charge in [0.15, 0.2) is 0 Å². The maximum atomic E-state index is 13.0. The van der Waals surface area contributed by atoms with Crippen molar-refractivity contribution in [1.82, 2.24) is 10.2 Å². The Morgan fingerprint density at radius 2 is 1.85 bits per heavy atom. The zero-order valence-electron chi connectivity index (χ0n) is 14.9. The molecule has 2 aliphatic heterocycles. The highest BCUT2D eigenvalue weighted by atomic mass is 79.9. The van der Waals surface area contributed by atoms with Crippen LogP contribution in [0.15, 0.2) is 28.7 Å². The van der Waals surface area contributed by atoms with E-state index in [-0.39, 0.29) is 28.8 Å². The molecule has 0 aromatic heterocycles. The van der Waals surface area contributed by atoms with Crippen LogP contribution in [0.4, 0.5) is 0 Å². The van der Waals surface area contributed by atoms with Gasteiger partial charge in [-0.2, -0.15) is 0 Å². The van der Waals surface area contributed by atoms with Crippen LogP contribution < -0.4 is 5.32 Å². The smallest absolute Gasteiger partial charge is 0.243 e. The maximum absolute atomic E-state index is 13.0. The van der Waals surface area contributed by atoms with Crippen molar-refractivity contribution in [1.29, 1.82) is 0 Å². The van der Waals surface area contributed by atoms with E-state index < -0.39 is 0 Å². The number of halogens is 1. The summed E-state index contributed by atoms with van der Waals surface area (Å²) in [6.45, 7) is 0. The van der Waals surface area contributed by atoms with Gasteiger partial charge in [-0.15, -0.1) is 11.8 Å². The number of thioether (sulfide) groups is 1. The van der Waals surface area contributed by atoms with E-state index in [9.17, 15) is 9.59 Å². The molecule has 26 heavy (non-hydrogen) atoms. The average Bonchev–Trinajstić information content (AvgIpc) is 3.06. The van der Waals surface area contributed by atoms with Gasteiger partial charge in [-0.1, -0.05) is 53.7 Å². The fraction of sp³-hybridized carbons (Fsp3) is 0.600. The molecule has 4 nitrogen and oxygen atoms in total. The van der Waals surface area contributed by atoms with Crippen LogP contribution in [-0.4, -0.2) is 34.6 Å². The van der Waals surface area contributed by atoms with Gasteiger partial charge in [0.1, 0.15) is 10.9 Å². The van der Waals surface area contributed by atoms with Gasteiger partial charge < -0.3 is 10.2 Å². The highest BCUT2D eigenvalue weighted by Crippen LogP contribution is 2.54. The lowest BCUT2D eigenvalue weighted by atomic mass is 10.0. The molecule has 2 atom stereocenters. The van der Waals surface area contributed by atoms with E-state index in [1.54, 1.807) is 11.8 Å². The van der Waals surface area contributed by atoms with Crippen LogP contribution >= 0.6 is 27.7 Å². The van der Waals surface area contributed by atoms with E-state index in [1.165, 1.54) is 25.7 Å². The fourth-order valence-corrected chi connectivity index (χ4v) is 6.48. The molecule has 0 spiro atoms. The number of amides is 2. The molecule has 0 bridgehead atoms. The SMILES string of the molecule is O=C(NC1CCCCCC1)[C@@H]1CS[C@@]2(c3ccc(Br)cc3)CCC(=O)N12. The molecule has 2 heterocycles. The van der Waals surface area contributed by atoms with E-state index in [4.69, 9.17) is 0 Å². The predicted octanol–water partition coefficient (Wildman–Crippen LogP) is 4.18. The van der Waals surface area contributed by atoms with Crippen molar-refractivity contribution in [2.75, 3.05) is 5.75 Å². The quantitative estimate of drug-likeness (QED) is 0.722. The first-order valence-corrected chi connectivity index (χ1v) is 11.4. The molecule has 2 amide bonds. The molecule has 1 N–H and O–H groups in total. The number of rotatable bonds is 3. The van der Waals surface area contributed by atoms with Gasteiger partial charge in [-0.05, 0) is 37.0 Å². The van der Waals surface area contributed by atoms with E-state index >= 15 is 0 Å². The van der Waals surface area contributed by atoms with Gasteiger partial charge >= 0.3 is 0 Å². The second-order valence-electron chi connectivity index (χ2n) is 7.58. The van der Waals surface area contributed by atoms with Crippen molar-refractivity contribution in [2.45, 2.75) is 68.3 Å². The zero-order chi connectivity index (χ0) is 18.1. The molecular formula is C20H25BrN2O2S. The molecule has 4 rings (SSSR count). The molecule has 140 valence electrons. The molecule has 3 aliphatic rings. The van der Waals surface area contributed by atoms with Crippen LogP contribution in [0.2, 0.25) is 0 Å². The molecule has 1 aromatic rings. The Kier molecular flexibility index (Phi) is 5.33. The minimum Gasteiger partial charge on any atom is -0.352 e. The maximum Gasteiger partial charge on any atom is 0.243 e. The molecule has 1 aliphatic carbocycles. The lowest BCUT2D eigenvalue weighted by molar-refractivity contribution is -0.138. The summed E-state index contributed by atoms with van der Waals surface area (Å²) in [5, 5.41) is 3.26. The van der Waals surface area contributed by atoms with Gasteiger partial charge in [0.2, 0.25) is 11.8 Å². The summed E-state index contributed by atoms with van der Waals surface area (Å²) < 4.78 is 1.03. The molecule has 3 fully saturated rings. The third-order valence-corrected chi connectivity index (χ3v) is 8.05. The topological polar surface area (TPSA) is 49.4 Å². The number of nitrogens with one attached hydrogen (secondary N) is 1. The summed E-state index contributed by atoms with van der Waals surface area (Å²) in [7, 11) is 0. The second kappa shape index (κ2) is 7.55. The number of benzene rings is 1. The van der Waals surface area contributed by atoms with Crippen molar-refractivity contribution >= 4 is 39.5 Å². The van der Waals surface area contributed by atoms with Crippen LogP contribution in [0.25, 0.3) is 0 Å². The highest BCUT2D eigenvalue weighted by molar-refractivity contribution is 9.10. The Morgan fingerprint density at radius 3 is 2.54 bits per heavy atom. The third kappa shape index (κ3) is 3.31. The Morgan fingerprint density at radius 1 is 1.15 bits per heavy atom. The van der Waals surface area contributed by atoms with Crippen LogP contribution in [0, 0.1) is 0 Å². The summed E-state index contributed by atoms with van der Waals surface area (Å²) in [6, 6.07) is 8.12. The first-order valence-electron chi connectivity index (χ1n) is 9.63. The minimum atomic E-state index is -0.372. The number of hydrogen-bond acceptors (Lipinski definition) is 3. The predicted molar refractivity (Wildman–Crippen MR) is 108 cm³/mol. The summed E-state index contributed by atoms with van der Waals surface area (Å²) in [5.41, 5.74) is 1.13. The molecule has 1 saturated carbocycles. The monoisotopic (exact) mass is 436 g/mol. The van der Waals surface area contributed by atoms with Crippen molar-refractivity contribution < 1.29 is 9.59 Å². The van der Waals surface area contributed by atoms with E-state index in [0.717, 1.165) is 29.3 Å². The zero-order valence-corrected chi connectivity index (χ0v) is 17.3. The average molecular weight is 437 g/mol. The third-order valence-electron chi connectivity index (χ3n) is 5.93. The standard InChI is InChI=1S/C20H25BrN2O2S/c21-15-9-7-14(8-10-15)20-12-11-18(24)23(20)17(13-26-20)19(25)22-16-5-3-1-2-4-6-16/h7-10,16-17H,1-6,11-13H2,(H,22,25)/t17-,20+/m0/s1. The Bertz CT molecular complexity index is 688. The van der Waals surface area contributed by atoms with Crippen LogP contribution in [0.5, 0.6) is 0 Å². The van der Waals surface area contributed by atoms with E-state index in [0.29, 0.717) is 12.2 Å². The first kappa shape index (κ1) is 18.4. The molecule has 6 heteroatoms. The van der Waals surface area contributed by atoms with Crippen molar-refractivity contribution in [3.63, 3.8) is 0 Å². The summed E-state index contributed by atoms with van der Waals surface area (Å²) >= 11 is 5.24. The number of nitrogens with zero attached hydrogens (tertiary/aromatic N) is 1. The van der Waals surface area contributed by atoms with Gasteiger partial charge in [0, 0.05) is 22.7 Å². The first-order chi connectivity index (χ1) is 12.6. The highest BCUT2D eigenvalue weighted by Gasteiger charge is 2.56. The summed E-state index contributed by atoms with van der Waals surface area (Å²) in [5.74, 6) is 0.831. The van der Waals surface area contributed by atoms with Crippen molar-refractivity contribution in [3.8, 4) is 0 Å². The molecular weight excluding hydrogens is 412 g/mol. The van der Waals surface area contributed by atoms with Crippen molar-refractivity contribution in [2.24, 2.45) is 0 Å². The second-order valence-corrected chi connectivity index (χ2v) is 9.79. The normalized spacial score (nSPS) is 29.5. The number of fused-ring (bicyclic) bond motifs is 1. The van der Waals surface area contributed by atoms with Crippen molar-refractivity contribution in [3.05, 3.63) is 34.3 Å². The molecule has 0 radical (unpaired) electrons. The minimum absolute atomic E-state index is 0.0404. The Balaban J connectivity index is 1.54. The Hall–Kier alpha value is -1.01. The van der Waals surface area contributed by atoms with Crippen LogP contribution in [-0.2, 0) is 14.5 Å². The van der Waals surface area contributed by atoms with E-state index in [1.807, 2.05) is 17.0 Å². The van der Waals surface area contributed by atoms with Gasteiger partial charge in [-0.25, -0.2) is 0 Å². The summed E-state index contributed by atoms with van der Waals surface area (Å²) in [6.07, 6.45) is 8.36. The lowest BCUT2D eigenvalue weighted by Crippen LogP contribution is -2.52. The van der Waals surface area contributed by atoms with E-state index in [2.05, 4.69) is 33.4 Å². The molecule has 0 unspecified atom stereocenters. The fourth-order valence-electron chi connectivity index (χ4n) is 4.57. The van der Waals surface area contributed by atoms with Crippen LogP contribution in [0.1, 0.15) is 56.9 Å². The molecule has 1 aromatic carbocycles.